The average molecular weight is 314 g/mol. The maximum absolute atomic E-state index is 12.5. The highest BCUT2D eigenvalue weighted by molar-refractivity contribution is 5.85. The Morgan fingerprint density at radius 2 is 1.78 bits per heavy atom. The predicted molar refractivity (Wildman–Crippen MR) is 93.3 cm³/mol. The summed E-state index contributed by atoms with van der Waals surface area (Å²) < 4.78 is 11.1. The molecule has 23 heavy (non-hydrogen) atoms. The summed E-state index contributed by atoms with van der Waals surface area (Å²) in [7, 11) is 1.54. The van der Waals surface area contributed by atoms with Crippen LogP contribution >= 0.6 is 0 Å². The summed E-state index contributed by atoms with van der Waals surface area (Å²) in [5, 5.41) is 2.22. The van der Waals surface area contributed by atoms with E-state index in [2.05, 4.69) is 20.8 Å². The molecule has 2 rings (SSSR count). The standard InChI is InChI=1S/C20H26O3/c1-6-20(3,4)14(2)23-19(21)18(22-5)17-12-11-15-9-7-8-10-16(15)13-17/h7-14,18H,6H2,1-5H3/t14-,18+/m1/s1. The smallest absolute Gasteiger partial charge is 0.340 e. The monoisotopic (exact) mass is 314 g/mol. The van der Waals surface area contributed by atoms with Gasteiger partial charge in [0.2, 0.25) is 0 Å². The molecule has 0 unspecified atom stereocenters. The lowest BCUT2D eigenvalue weighted by Crippen LogP contribution is -2.33. The number of ether oxygens (including phenoxy) is 2. The Balaban J connectivity index is 2.22. The first-order chi connectivity index (χ1) is 10.9. The van der Waals surface area contributed by atoms with Crippen LogP contribution in [0.4, 0.5) is 0 Å². The van der Waals surface area contributed by atoms with Gasteiger partial charge in [-0.1, -0.05) is 57.2 Å². The molecular weight excluding hydrogens is 288 g/mol. The van der Waals surface area contributed by atoms with Crippen LogP contribution in [-0.4, -0.2) is 19.2 Å². The fourth-order valence-electron chi connectivity index (χ4n) is 2.42. The molecule has 0 spiro atoms. The van der Waals surface area contributed by atoms with Crippen LogP contribution in [-0.2, 0) is 14.3 Å². The zero-order valence-electron chi connectivity index (χ0n) is 14.6. The molecular formula is C20H26O3. The van der Waals surface area contributed by atoms with Crippen LogP contribution in [0.25, 0.3) is 10.8 Å². The predicted octanol–water partition coefficient (Wildman–Crippen LogP) is 4.90. The first-order valence-electron chi connectivity index (χ1n) is 8.11. The number of benzene rings is 2. The van der Waals surface area contributed by atoms with Crippen molar-refractivity contribution < 1.29 is 14.3 Å². The molecule has 124 valence electrons. The Bertz CT molecular complexity index is 675. The fraction of sp³-hybridized carbons (Fsp3) is 0.450. The van der Waals surface area contributed by atoms with Crippen molar-refractivity contribution in [1.29, 1.82) is 0 Å². The third-order valence-corrected chi connectivity index (χ3v) is 4.83. The zero-order chi connectivity index (χ0) is 17.0. The number of carbonyl (C=O) groups is 1. The van der Waals surface area contributed by atoms with Gasteiger partial charge < -0.3 is 9.47 Å². The number of hydrogen-bond donors (Lipinski definition) is 0. The minimum absolute atomic E-state index is 0.0582. The summed E-state index contributed by atoms with van der Waals surface area (Å²) in [5.41, 5.74) is 0.759. The van der Waals surface area contributed by atoms with Crippen LogP contribution in [0, 0.1) is 5.41 Å². The second-order valence-electron chi connectivity index (χ2n) is 6.64. The van der Waals surface area contributed by atoms with Crippen molar-refractivity contribution >= 4 is 16.7 Å². The van der Waals surface area contributed by atoms with Crippen LogP contribution in [0.3, 0.4) is 0 Å². The molecule has 0 saturated carbocycles. The topological polar surface area (TPSA) is 35.5 Å². The largest absolute Gasteiger partial charge is 0.460 e. The highest BCUT2D eigenvalue weighted by Crippen LogP contribution is 2.29. The van der Waals surface area contributed by atoms with Crippen LogP contribution in [0.5, 0.6) is 0 Å². The maximum atomic E-state index is 12.5. The molecule has 2 aromatic carbocycles. The highest BCUT2D eigenvalue weighted by Gasteiger charge is 2.30. The van der Waals surface area contributed by atoms with Crippen molar-refractivity contribution in [3.8, 4) is 0 Å². The van der Waals surface area contributed by atoms with Crippen LogP contribution in [0.2, 0.25) is 0 Å². The number of esters is 1. The van der Waals surface area contributed by atoms with Gasteiger partial charge in [-0.3, -0.25) is 0 Å². The third kappa shape index (κ3) is 3.91. The molecule has 0 aliphatic carbocycles. The molecule has 0 radical (unpaired) electrons. The van der Waals surface area contributed by atoms with Gasteiger partial charge in [-0.25, -0.2) is 4.79 Å². The molecule has 3 nitrogen and oxygen atoms in total. The Morgan fingerprint density at radius 3 is 2.39 bits per heavy atom. The van der Waals surface area contributed by atoms with Gasteiger partial charge in [0.05, 0.1) is 0 Å². The van der Waals surface area contributed by atoms with Gasteiger partial charge in [-0.05, 0) is 35.7 Å². The highest BCUT2D eigenvalue weighted by atomic mass is 16.6. The van der Waals surface area contributed by atoms with E-state index in [-0.39, 0.29) is 17.5 Å². The second-order valence-corrected chi connectivity index (χ2v) is 6.64. The lowest BCUT2D eigenvalue weighted by Gasteiger charge is -2.31. The van der Waals surface area contributed by atoms with Crippen LogP contribution < -0.4 is 0 Å². The van der Waals surface area contributed by atoms with Crippen LogP contribution in [0.1, 0.15) is 45.8 Å². The zero-order valence-corrected chi connectivity index (χ0v) is 14.6. The molecule has 0 bridgehead atoms. The lowest BCUT2D eigenvalue weighted by molar-refractivity contribution is -0.166. The Hall–Kier alpha value is -1.87. The minimum Gasteiger partial charge on any atom is -0.460 e. The van der Waals surface area contributed by atoms with E-state index in [0.717, 1.165) is 22.8 Å². The Morgan fingerprint density at radius 1 is 1.13 bits per heavy atom. The molecule has 0 heterocycles. The minimum atomic E-state index is -0.699. The normalized spacial score (nSPS) is 14.5. The third-order valence-electron chi connectivity index (χ3n) is 4.83. The molecule has 0 aliphatic rings. The van der Waals surface area contributed by atoms with E-state index in [9.17, 15) is 4.79 Å². The maximum Gasteiger partial charge on any atom is 0.340 e. The molecule has 0 amide bonds. The summed E-state index contributed by atoms with van der Waals surface area (Å²) in [6.45, 7) is 8.24. The Labute approximate surface area is 138 Å². The van der Waals surface area contributed by atoms with E-state index < -0.39 is 6.10 Å². The van der Waals surface area contributed by atoms with Gasteiger partial charge >= 0.3 is 5.97 Å². The van der Waals surface area contributed by atoms with E-state index in [1.807, 2.05) is 49.4 Å². The second kappa shape index (κ2) is 7.14. The number of rotatable bonds is 6. The molecule has 0 saturated heterocycles. The molecule has 0 N–H and O–H groups in total. The van der Waals surface area contributed by atoms with Gasteiger partial charge in [0.1, 0.15) is 6.10 Å². The van der Waals surface area contributed by atoms with Crippen molar-refractivity contribution in [2.45, 2.75) is 46.3 Å². The quantitative estimate of drug-likeness (QED) is 0.712. The first-order valence-corrected chi connectivity index (χ1v) is 8.11. The van der Waals surface area contributed by atoms with Gasteiger partial charge in [0.15, 0.2) is 6.10 Å². The molecule has 0 fully saturated rings. The Kier molecular flexibility index (Phi) is 5.42. The molecule has 2 aromatic rings. The van der Waals surface area contributed by atoms with Crippen molar-refractivity contribution in [2.24, 2.45) is 5.41 Å². The number of carbonyl (C=O) groups excluding carboxylic acids is 1. The van der Waals surface area contributed by atoms with E-state index in [4.69, 9.17) is 9.47 Å². The van der Waals surface area contributed by atoms with Gasteiger partial charge in [0, 0.05) is 12.5 Å². The molecule has 0 aliphatic heterocycles. The van der Waals surface area contributed by atoms with Crippen molar-refractivity contribution in [3.05, 3.63) is 48.0 Å². The van der Waals surface area contributed by atoms with Gasteiger partial charge in [-0.2, -0.15) is 0 Å². The summed E-state index contributed by atoms with van der Waals surface area (Å²) >= 11 is 0. The van der Waals surface area contributed by atoms with Crippen molar-refractivity contribution in [1.82, 2.24) is 0 Å². The summed E-state index contributed by atoms with van der Waals surface area (Å²) in [5.74, 6) is -0.336. The first kappa shape index (κ1) is 17.5. The molecule has 0 aromatic heterocycles. The van der Waals surface area contributed by atoms with Gasteiger partial charge in [-0.15, -0.1) is 0 Å². The molecule has 2 atom stereocenters. The van der Waals surface area contributed by atoms with Crippen LogP contribution in [0.15, 0.2) is 42.5 Å². The van der Waals surface area contributed by atoms with E-state index in [0.29, 0.717) is 0 Å². The van der Waals surface area contributed by atoms with E-state index in [1.165, 1.54) is 7.11 Å². The lowest BCUT2D eigenvalue weighted by atomic mass is 9.85. The molecule has 3 heteroatoms. The number of fused-ring (bicyclic) bond motifs is 1. The summed E-state index contributed by atoms with van der Waals surface area (Å²) in [6.07, 6.45) is 0.0718. The average Bonchev–Trinajstić information content (AvgIpc) is 2.55. The van der Waals surface area contributed by atoms with Crippen molar-refractivity contribution in [2.75, 3.05) is 7.11 Å². The summed E-state index contributed by atoms with van der Waals surface area (Å²) in [4.78, 5) is 12.5. The van der Waals surface area contributed by atoms with E-state index >= 15 is 0 Å². The SMILES string of the molecule is CCC(C)(C)[C@@H](C)OC(=O)[C@@H](OC)c1ccc2ccccc2c1. The fourth-order valence-corrected chi connectivity index (χ4v) is 2.42. The van der Waals surface area contributed by atoms with Gasteiger partial charge in [0.25, 0.3) is 0 Å². The number of hydrogen-bond acceptors (Lipinski definition) is 3. The number of methoxy groups -OCH3 is 1. The van der Waals surface area contributed by atoms with Crippen molar-refractivity contribution in [3.63, 3.8) is 0 Å². The van der Waals surface area contributed by atoms with E-state index in [1.54, 1.807) is 0 Å². The summed E-state index contributed by atoms with van der Waals surface area (Å²) in [6, 6.07) is 14.0.